The lowest BCUT2D eigenvalue weighted by Crippen LogP contribution is -2.17. The molecule has 0 spiro atoms. The van der Waals surface area contributed by atoms with Crippen molar-refractivity contribution in [1.82, 2.24) is 0 Å². The van der Waals surface area contributed by atoms with Gasteiger partial charge in [-0.2, -0.15) is 0 Å². The Morgan fingerprint density at radius 2 is 0.949 bits per heavy atom. The van der Waals surface area contributed by atoms with E-state index in [0.717, 1.165) is 39.7 Å². The first-order chi connectivity index (χ1) is 18.9. The fourth-order valence-electron chi connectivity index (χ4n) is 6.25. The lowest BCUT2D eigenvalue weighted by atomic mass is 9.80. The molecule has 0 bridgehead atoms. The Kier molecular flexibility index (Phi) is 7.14. The highest BCUT2D eigenvalue weighted by atomic mass is 16.5. The highest BCUT2D eigenvalue weighted by Gasteiger charge is 2.71. The summed E-state index contributed by atoms with van der Waals surface area (Å²) in [7, 11) is 6.84. The topological polar surface area (TPSA) is 36.9 Å². The largest absolute Gasteiger partial charge is 0.497 e. The first kappa shape index (κ1) is 26.4. The van der Waals surface area contributed by atoms with Crippen molar-refractivity contribution in [3.63, 3.8) is 0 Å². The van der Waals surface area contributed by atoms with Gasteiger partial charge < -0.3 is 18.9 Å². The van der Waals surface area contributed by atoms with Gasteiger partial charge >= 0.3 is 0 Å². The third kappa shape index (κ3) is 4.54. The number of allylic oxidation sites excluding steroid dienone is 1. The number of hydrogen-bond acceptors (Lipinski definition) is 4. The SMILES string of the molecule is COc1cccc(C(=CC2C(C)(C)C2(c2cccc(OC)c2)c2cccc(OC)c2)c2cccc(OC)c2)c1. The summed E-state index contributed by atoms with van der Waals surface area (Å²) >= 11 is 0. The molecule has 1 atom stereocenters. The van der Waals surface area contributed by atoms with Crippen molar-refractivity contribution in [2.45, 2.75) is 19.3 Å². The van der Waals surface area contributed by atoms with Crippen molar-refractivity contribution in [2.24, 2.45) is 11.3 Å². The van der Waals surface area contributed by atoms with Gasteiger partial charge in [-0.3, -0.25) is 0 Å². The summed E-state index contributed by atoms with van der Waals surface area (Å²) in [6, 6.07) is 33.4. The minimum absolute atomic E-state index is 0.102. The van der Waals surface area contributed by atoms with Crippen LogP contribution in [0.1, 0.15) is 36.1 Å². The number of hydrogen-bond donors (Lipinski definition) is 0. The quantitative estimate of drug-likeness (QED) is 0.226. The molecule has 4 heteroatoms. The predicted octanol–water partition coefficient (Wildman–Crippen LogP) is 7.80. The summed E-state index contributed by atoms with van der Waals surface area (Å²) in [5.74, 6) is 3.52. The van der Waals surface area contributed by atoms with E-state index in [-0.39, 0.29) is 16.7 Å². The molecule has 0 N–H and O–H groups in total. The molecular formula is C35H36O4. The van der Waals surface area contributed by atoms with Crippen LogP contribution in [-0.2, 0) is 5.41 Å². The summed E-state index contributed by atoms with van der Waals surface area (Å²) in [5, 5.41) is 0. The number of rotatable bonds is 9. The monoisotopic (exact) mass is 520 g/mol. The lowest BCUT2D eigenvalue weighted by Gasteiger charge is -2.23. The van der Waals surface area contributed by atoms with E-state index in [9.17, 15) is 0 Å². The Morgan fingerprint density at radius 3 is 1.36 bits per heavy atom. The summed E-state index contributed by atoms with van der Waals surface area (Å²) in [4.78, 5) is 0. The van der Waals surface area contributed by atoms with Crippen LogP contribution in [0.4, 0.5) is 0 Å². The average Bonchev–Trinajstić information content (AvgIpc) is 3.50. The maximum atomic E-state index is 5.66. The minimum Gasteiger partial charge on any atom is -0.497 e. The Hall–Kier alpha value is -4.18. The van der Waals surface area contributed by atoms with Gasteiger partial charge in [0.1, 0.15) is 23.0 Å². The number of benzene rings is 4. The van der Waals surface area contributed by atoms with E-state index < -0.39 is 0 Å². The Balaban J connectivity index is 1.76. The van der Waals surface area contributed by atoms with Crippen LogP contribution in [0.5, 0.6) is 23.0 Å². The van der Waals surface area contributed by atoms with Crippen molar-refractivity contribution in [3.8, 4) is 23.0 Å². The maximum absolute atomic E-state index is 5.66. The molecule has 4 aromatic rings. The molecule has 1 saturated carbocycles. The maximum Gasteiger partial charge on any atom is 0.119 e. The van der Waals surface area contributed by atoms with Crippen LogP contribution >= 0.6 is 0 Å². The summed E-state index contributed by atoms with van der Waals surface area (Å²) in [6.07, 6.45) is 2.43. The van der Waals surface area contributed by atoms with Gasteiger partial charge in [0.05, 0.1) is 28.4 Å². The Bertz CT molecular complexity index is 1400. The molecule has 0 radical (unpaired) electrons. The highest BCUT2D eigenvalue weighted by Crippen LogP contribution is 2.74. The van der Waals surface area contributed by atoms with Crippen LogP contribution in [0.15, 0.2) is 103 Å². The molecule has 4 nitrogen and oxygen atoms in total. The second-order valence-electron chi connectivity index (χ2n) is 10.5. The van der Waals surface area contributed by atoms with Gasteiger partial charge in [0.2, 0.25) is 0 Å². The molecule has 0 aliphatic heterocycles. The molecule has 1 fully saturated rings. The van der Waals surface area contributed by atoms with Gasteiger partial charge in [-0.05, 0) is 87.7 Å². The summed E-state index contributed by atoms with van der Waals surface area (Å²) < 4.78 is 22.5. The Labute approximate surface area is 231 Å². The molecule has 0 heterocycles. The molecule has 1 aliphatic carbocycles. The highest BCUT2D eigenvalue weighted by molar-refractivity contribution is 5.82. The number of ether oxygens (including phenoxy) is 4. The lowest BCUT2D eigenvalue weighted by molar-refractivity contribution is 0.411. The third-order valence-corrected chi connectivity index (χ3v) is 8.32. The van der Waals surface area contributed by atoms with Gasteiger partial charge in [-0.1, -0.05) is 68.5 Å². The van der Waals surface area contributed by atoms with E-state index in [2.05, 4.69) is 80.6 Å². The molecule has 0 saturated heterocycles. The van der Waals surface area contributed by atoms with Crippen LogP contribution in [0.3, 0.4) is 0 Å². The smallest absolute Gasteiger partial charge is 0.119 e. The van der Waals surface area contributed by atoms with Crippen LogP contribution in [0.2, 0.25) is 0 Å². The molecule has 4 aromatic carbocycles. The van der Waals surface area contributed by atoms with Crippen LogP contribution in [0.25, 0.3) is 5.57 Å². The standard InChI is InChI=1S/C35H36O4/c1-34(2)33(23-32(24-11-7-15-28(19-24)36-3)25-12-8-16-29(20-25)37-4)35(34,26-13-9-17-30(21-26)38-5)27-14-10-18-31(22-27)39-6/h7-23,33H,1-6H3. The Morgan fingerprint density at radius 1 is 0.564 bits per heavy atom. The van der Waals surface area contributed by atoms with Crippen LogP contribution in [0, 0.1) is 11.3 Å². The molecule has 1 aliphatic rings. The third-order valence-electron chi connectivity index (χ3n) is 8.32. The van der Waals surface area contributed by atoms with Gasteiger partial charge in [0, 0.05) is 5.41 Å². The number of methoxy groups -OCH3 is 4. The first-order valence-electron chi connectivity index (χ1n) is 13.2. The van der Waals surface area contributed by atoms with Crippen molar-refractivity contribution in [2.75, 3.05) is 28.4 Å². The summed E-state index contributed by atoms with van der Waals surface area (Å²) in [5.41, 5.74) is 5.37. The van der Waals surface area contributed by atoms with Gasteiger partial charge in [0.15, 0.2) is 0 Å². The van der Waals surface area contributed by atoms with E-state index in [1.807, 2.05) is 36.4 Å². The van der Waals surface area contributed by atoms with Crippen LogP contribution < -0.4 is 18.9 Å². The molecule has 200 valence electrons. The second kappa shape index (κ2) is 10.5. The van der Waals surface area contributed by atoms with E-state index in [0.29, 0.717) is 0 Å². The van der Waals surface area contributed by atoms with Gasteiger partial charge in [0.25, 0.3) is 0 Å². The predicted molar refractivity (Wildman–Crippen MR) is 157 cm³/mol. The molecule has 1 unspecified atom stereocenters. The van der Waals surface area contributed by atoms with Crippen molar-refractivity contribution < 1.29 is 18.9 Å². The zero-order valence-corrected chi connectivity index (χ0v) is 23.5. The first-order valence-corrected chi connectivity index (χ1v) is 13.2. The fourth-order valence-corrected chi connectivity index (χ4v) is 6.25. The van der Waals surface area contributed by atoms with Crippen molar-refractivity contribution in [1.29, 1.82) is 0 Å². The zero-order valence-electron chi connectivity index (χ0n) is 23.5. The van der Waals surface area contributed by atoms with E-state index in [1.54, 1.807) is 28.4 Å². The minimum atomic E-state index is -0.293. The van der Waals surface area contributed by atoms with Gasteiger partial charge in [-0.25, -0.2) is 0 Å². The molecular weight excluding hydrogens is 484 g/mol. The average molecular weight is 521 g/mol. The van der Waals surface area contributed by atoms with E-state index >= 15 is 0 Å². The van der Waals surface area contributed by atoms with Crippen molar-refractivity contribution >= 4 is 5.57 Å². The van der Waals surface area contributed by atoms with Crippen LogP contribution in [-0.4, -0.2) is 28.4 Å². The fraction of sp³-hybridized carbons (Fsp3) is 0.257. The van der Waals surface area contributed by atoms with E-state index in [4.69, 9.17) is 18.9 Å². The molecule has 39 heavy (non-hydrogen) atoms. The van der Waals surface area contributed by atoms with E-state index in [1.165, 1.54) is 11.1 Å². The second-order valence-corrected chi connectivity index (χ2v) is 10.5. The van der Waals surface area contributed by atoms with Crippen molar-refractivity contribution in [3.05, 3.63) is 125 Å². The summed E-state index contributed by atoms with van der Waals surface area (Å²) in [6.45, 7) is 4.70. The van der Waals surface area contributed by atoms with Gasteiger partial charge in [-0.15, -0.1) is 0 Å². The normalized spacial score (nSPS) is 16.6. The molecule has 5 rings (SSSR count). The molecule has 0 amide bonds. The zero-order chi connectivity index (χ0) is 27.6. The molecule has 0 aromatic heterocycles.